The van der Waals surface area contributed by atoms with Crippen molar-refractivity contribution in [1.82, 2.24) is 5.32 Å². The maximum Gasteiger partial charge on any atom is 0.707 e. The molecule has 35 heavy (non-hydrogen) atoms. The molecule has 0 aliphatic heterocycles. The first kappa shape index (κ1) is 24.1. The van der Waals surface area contributed by atoms with E-state index in [0.717, 1.165) is 39.0 Å². The van der Waals surface area contributed by atoms with Crippen LogP contribution in [0.2, 0.25) is 0 Å². The summed E-state index contributed by atoms with van der Waals surface area (Å²) in [6, 6.07) is 23.8. The van der Waals surface area contributed by atoms with Gasteiger partial charge in [0.1, 0.15) is 5.75 Å². The zero-order chi connectivity index (χ0) is 24.0. The molecular weight excluding hydrogens is 433 g/mol. The van der Waals surface area contributed by atoms with Gasteiger partial charge in [0.15, 0.2) is 0 Å². The van der Waals surface area contributed by atoms with E-state index in [1.54, 1.807) is 6.07 Å². The molecule has 0 unspecified atom stereocenters. The average Bonchev–Trinajstić information content (AvgIpc) is 2.89. The fraction of sp³-hybridized carbons (Fsp3) is 0.400. The first-order chi connectivity index (χ1) is 17.2. The molecule has 0 saturated heterocycles. The highest BCUT2D eigenvalue weighted by molar-refractivity contribution is 6.34. The van der Waals surface area contributed by atoms with Crippen LogP contribution in [0.3, 0.4) is 0 Å². The van der Waals surface area contributed by atoms with Gasteiger partial charge in [0, 0.05) is 17.5 Å². The number of hydrogen-bond acceptors (Lipinski definition) is 4. The molecule has 2 aliphatic carbocycles. The van der Waals surface area contributed by atoms with E-state index >= 15 is 0 Å². The highest BCUT2D eigenvalue weighted by Crippen LogP contribution is 2.35. The Labute approximate surface area is 208 Å². The van der Waals surface area contributed by atoms with Gasteiger partial charge in [0.2, 0.25) is 0 Å². The monoisotopic (exact) mass is 469 g/mol. The van der Waals surface area contributed by atoms with Gasteiger partial charge in [-0.2, -0.15) is 0 Å². The molecule has 2 fully saturated rings. The molecule has 0 aromatic heterocycles. The van der Waals surface area contributed by atoms with Crippen molar-refractivity contribution in [3.63, 3.8) is 0 Å². The van der Waals surface area contributed by atoms with Crippen LogP contribution in [-0.4, -0.2) is 29.5 Å². The summed E-state index contributed by atoms with van der Waals surface area (Å²) < 4.78 is 5.16. The molecule has 4 aromatic carbocycles. The lowest BCUT2D eigenvalue weighted by Gasteiger charge is -2.30. The second kappa shape index (κ2) is 11.4. The third kappa shape index (κ3) is 5.98. The van der Waals surface area contributed by atoms with Gasteiger partial charge >= 0.3 is 7.32 Å². The summed E-state index contributed by atoms with van der Waals surface area (Å²) in [6.07, 6.45) is 14.6. The van der Waals surface area contributed by atoms with Gasteiger partial charge in [0.25, 0.3) is 0 Å². The molecule has 2 saturated carbocycles. The Hall–Kier alpha value is -2.60. The first-order valence-corrected chi connectivity index (χ1v) is 13.3. The Morgan fingerprint density at radius 1 is 0.629 bits per heavy atom. The van der Waals surface area contributed by atoms with Gasteiger partial charge in [-0.25, -0.2) is 0 Å². The molecule has 0 radical (unpaired) electrons. The van der Waals surface area contributed by atoms with Gasteiger partial charge in [-0.1, -0.05) is 87.1 Å². The van der Waals surface area contributed by atoms with Gasteiger partial charge in [-0.3, -0.25) is 0 Å². The molecule has 0 heterocycles. The van der Waals surface area contributed by atoms with Gasteiger partial charge in [-0.15, -0.1) is 0 Å². The topological polar surface area (TPSA) is 61.7 Å². The molecular formula is C30H36BNO3. The lowest BCUT2D eigenvalue weighted by atomic mass is 9.91. The molecule has 182 valence electrons. The van der Waals surface area contributed by atoms with Crippen LogP contribution in [0.5, 0.6) is 5.75 Å². The molecule has 5 heteroatoms. The number of hydrogen-bond donors (Lipinski definition) is 3. The third-order valence-corrected chi connectivity index (χ3v) is 7.60. The van der Waals surface area contributed by atoms with E-state index in [1.165, 1.54) is 69.6 Å². The Bertz CT molecular complexity index is 1250. The molecule has 0 spiro atoms. The second-order valence-electron chi connectivity index (χ2n) is 10.1. The Morgan fingerprint density at radius 2 is 1.20 bits per heavy atom. The van der Waals surface area contributed by atoms with E-state index in [1.807, 2.05) is 30.3 Å². The maximum absolute atomic E-state index is 9.14. The summed E-state index contributed by atoms with van der Waals surface area (Å²) in [5.74, 6) is 0.466. The minimum absolute atomic E-state index is 0.466. The molecule has 4 aromatic rings. The van der Waals surface area contributed by atoms with Crippen molar-refractivity contribution in [1.29, 1.82) is 0 Å². The van der Waals surface area contributed by atoms with E-state index in [0.29, 0.717) is 5.75 Å². The van der Waals surface area contributed by atoms with Crippen molar-refractivity contribution in [3.05, 3.63) is 66.7 Å². The highest BCUT2D eigenvalue weighted by Gasteiger charge is 2.19. The lowest BCUT2D eigenvalue weighted by Crippen LogP contribution is -2.40. The van der Waals surface area contributed by atoms with E-state index in [4.69, 9.17) is 14.7 Å². The Balaban J connectivity index is 0.000000166. The maximum atomic E-state index is 9.14. The van der Waals surface area contributed by atoms with E-state index < -0.39 is 7.32 Å². The van der Waals surface area contributed by atoms with Crippen LogP contribution in [0.25, 0.3) is 32.3 Å². The standard InChI is InChI=1S/C18H13BO3.C12H23N/c20-19(21)22-17-7-3-6-12-8-9-15-10-13-4-1-2-5-14(13)11-16(15)18(12)17;1-3-7-11(8-4-1)13-12-9-5-2-6-10-12/h1-11,20-21H;11-13H,1-10H2. The lowest BCUT2D eigenvalue weighted by molar-refractivity contribution is 0.289. The van der Waals surface area contributed by atoms with Crippen molar-refractivity contribution in [2.24, 2.45) is 0 Å². The zero-order valence-corrected chi connectivity index (χ0v) is 20.5. The minimum Gasteiger partial charge on any atom is -0.511 e. The van der Waals surface area contributed by atoms with Crippen molar-refractivity contribution < 1.29 is 14.7 Å². The summed E-state index contributed by atoms with van der Waals surface area (Å²) >= 11 is 0. The molecule has 0 atom stereocenters. The first-order valence-electron chi connectivity index (χ1n) is 13.3. The zero-order valence-electron chi connectivity index (χ0n) is 20.5. The summed E-state index contributed by atoms with van der Waals surface area (Å²) in [4.78, 5) is 0. The van der Waals surface area contributed by atoms with Crippen LogP contribution in [-0.2, 0) is 0 Å². The summed E-state index contributed by atoms with van der Waals surface area (Å²) in [6.45, 7) is 0. The van der Waals surface area contributed by atoms with Crippen molar-refractivity contribution >= 4 is 39.6 Å². The van der Waals surface area contributed by atoms with Crippen LogP contribution in [0.1, 0.15) is 64.2 Å². The molecule has 0 bridgehead atoms. The normalized spacial score (nSPS) is 17.3. The largest absolute Gasteiger partial charge is 0.707 e. The summed E-state index contributed by atoms with van der Waals surface area (Å²) in [5, 5.41) is 28.5. The fourth-order valence-corrected chi connectivity index (χ4v) is 5.85. The average molecular weight is 469 g/mol. The van der Waals surface area contributed by atoms with Crippen molar-refractivity contribution in [2.45, 2.75) is 76.3 Å². The van der Waals surface area contributed by atoms with E-state index in [2.05, 4.69) is 35.6 Å². The Morgan fingerprint density at radius 3 is 1.83 bits per heavy atom. The number of nitrogens with one attached hydrogen (secondary N) is 1. The molecule has 6 rings (SSSR count). The number of rotatable bonds is 4. The quantitative estimate of drug-likeness (QED) is 0.176. The molecule has 4 nitrogen and oxygen atoms in total. The third-order valence-electron chi connectivity index (χ3n) is 7.60. The fourth-order valence-electron chi connectivity index (χ4n) is 5.85. The van der Waals surface area contributed by atoms with Crippen molar-refractivity contribution in [3.8, 4) is 5.75 Å². The molecule has 0 amide bonds. The van der Waals surface area contributed by atoms with Crippen LogP contribution in [0.4, 0.5) is 0 Å². The summed E-state index contributed by atoms with van der Waals surface area (Å²) in [5.41, 5.74) is 0. The van der Waals surface area contributed by atoms with Gasteiger partial charge < -0.3 is 20.0 Å². The smallest absolute Gasteiger partial charge is 0.511 e. The van der Waals surface area contributed by atoms with Crippen LogP contribution < -0.4 is 9.97 Å². The van der Waals surface area contributed by atoms with Gasteiger partial charge in [0.05, 0.1) is 0 Å². The van der Waals surface area contributed by atoms with Gasteiger partial charge in [-0.05, 0) is 70.8 Å². The minimum atomic E-state index is -1.83. The number of benzene rings is 4. The van der Waals surface area contributed by atoms with Crippen LogP contribution in [0.15, 0.2) is 66.7 Å². The number of fused-ring (bicyclic) bond motifs is 4. The SMILES string of the molecule is C1CCC(NC2CCCCC2)CC1.OB(O)Oc1cccc2ccc3cc4ccccc4cc3c12. The van der Waals surface area contributed by atoms with E-state index in [9.17, 15) is 0 Å². The Kier molecular flexibility index (Phi) is 7.87. The second-order valence-corrected chi connectivity index (χ2v) is 10.1. The highest BCUT2D eigenvalue weighted by atomic mass is 16.6. The summed E-state index contributed by atoms with van der Waals surface area (Å²) in [7, 11) is -1.83. The van der Waals surface area contributed by atoms with Crippen LogP contribution >= 0.6 is 0 Å². The predicted molar refractivity (Wildman–Crippen MR) is 147 cm³/mol. The molecule has 2 aliphatic rings. The van der Waals surface area contributed by atoms with E-state index in [-0.39, 0.29) is 0 Å². The van der Waals surface area contributed by atoms with Crippen LogP contribution in [0, 0.1) is 0 Å². The predicted octanol–water partition coefficient (Wildman–Crippen LogP) is 6.74. The van der Waals surface area contributed by atoms with Crippen molar-refractivity contribution in [2.75, 3.05) is 0 Å². The molecule has 3 N–H and O–H groups in total.